The summed E-state index contributed by atoms with van der Waals surface area (Å²) in [6, 6.07) is 12.1. The third-order valence-electron chi connectivity index (χ3n) is 2.98. The molecule has 0 aliphatic heterocycles. The number of nitrogens with one attached hydrogen (secondary N) is 2. The molecule has 0 spiro atoms. The number of carbonyl (C=O) groups excluding carboxylic acids is 1. The van der Waals surface area contributed by atoms with Gasteiger partial charge in [-0.3, -0.25) is 5.32 Å². The van der Waals surface area contributed by atoms with Crippen LogP contribution in [0.5, 0.6) is 0 Å². The van der Waals surface area contributed by atoms with Crippen LogP contribution in [0, 0.1) is 12.7 Å². The minimum Gasteiger partial charge on any atom is -0.453 e. The first-order valence-electron chi connectivity index (χ1n) is 6.52. The third kappa shape index (κ3) is 4.21. The van der Waals surface area contributed by atoms with Crippen LogP contribution < -0.4 is 10.6 Å². The van der Waals surface area contributed by atoms with E-state index in [9.17, 15) is 9.18 Å². The van der Waals surface area contributed by atoms with E-state index in [0.717, 1.165) is 11.3 Å². The molecule has 2 rings (SSSR count). The zero-order chi connectivity index (χ0) is 15.2. The molecule has 0 fully saturated rings. The summed E-state index contributed by atoms with van der Waals surface area (Å²) in [6.45, 7) is 2.29. The van der Waals surface area contributed by atoms with Gasteiger partial charge in [0.1, 0.15) is 5.82 Å². The highest BCUT2D eigenvalue weighted by Crippen LogP contribution is 2.17. The second-order valence-electron chi connectivity index (χ2n) is 4.65. The summed E-state index contributed by atoms with van der Waals surface area (Å²) in [5.74, 6) is -0.239. The molecule has 0 heterocycles. The quantitative estimate of drug-likeness (QED) is 0.896. The number of hydrogen-bond acceptors (Lipinski definition) is 3. The number of methoxy groups -OCH3 is 1. The van der Waals surface area contributed by atoms with Gasteiger partial charge < -0.3 is 10.1 Å². The number of rotatable bonds is 4. The Balaban J connectivity index is 2.04. The number of anilines is 2. The van der Waals surface area contributed by atoms with Crippen LogP contribution >= 0.6 is 0 Å². The highest BCUT2D eigenvalue weighted by atomic mass is 19.1. The summed E-state index contributed by atoms with van der Waals surface area (Å²) < 4.78 is 18.2. The van der Waals surface area contributed by atoms with Crippen molar-refractivity contribution < 1.29 is 13.9 Å². The third-order valence-corrected chi connectivity index (χ3v) is 2.98. The normalized spacial score (nSPS) is 10.0. The molecule has 0 aromatic heterocycles. The van der Waals surface area contributed by atoms with Crippen LogP contribution in [0.2, 0.25) is 0 Å². The number of amides is 1. The van der Waals surface area contributed by atoms with E-state index in [-0.39, 0.29) is 5.82 Å². The molecule has 2 aromatic rings. The van der Waals surface area contributed by atoms with Gasteiger partial charge in [-0.15, -0.1) is 0 Å². The van der Waals surface area contributed by atoms with Crippen LogP contribution in [-0.4, -0.2) is 13.2 Å². The van der Waals surface area contributed by atoms with Gasteiger partial charge in [-0.2, -0.15) is 0 Å². The average molecular weight is 288 g/mol. The lowest BCUT2D eigenvalue weighted by Crippen LogP contribution is -2.11. The van der Waals surface area contributed by atoms with Gasteiger partial charge in [0.05, 0.1) is 7.11 Å². The summed E-state index contributed by atoms with van der Waals surface area (Å²) in [5, 5.41) is 5.70. The van der Waals surface area contributed by atoms with Gasteiger partial charge in [-0.25, -0.2) is 9.18 Å². The number of carbonyl (C=O) groups is 1. The van der Waals surface area contributed by atoms with E-state index in [1.54, 1.807) is 30.3 Å². The zero-order valence-corrected chi connectivity index (χ0v) is 11.9. The molecule has 110 valence electrons. The molecule has 0 radical (unpaired) electrons. The summed E-state index contributed by atoms with van der Waals surface area (Å²) in [4.78, 5) is 11.2. The Morgan fingerprint density at radius 2 is 1.95 bits per heavy atom. The van der Waals surface area contributed by atoms with Gasteiger partial charge in [0.25, 0.3) is 0 Å². The van der Waals surface area contributed by atoms with Gasteiger partial charge in [-0.1, -0.05) is 23.8 Å². The Bertz CT molecular complexity index is 644. The predicted molar refractivity (Wildman–Crippen MR) is 80.9 cm³/mol. The standard InChI is InChI=1S/C16H17FN2O2/c1-11-6-7-15(17)12(8-11)10-18-13-4-3-5-14(9-13)19-16(20)21-2/h3-9,18H,10H2,1-2H3,(H,19,20). The molecule has 21 heavy (non-hydrogen) atoms. The summed E-state index contributed by atoms with van der Waals surface area (Å²) in [7, 11) is 1.30. The molecule has 5 heteroatoms. The SMILES string of the molecule is COC(=O)Nc1cccc(NCc2cc(C)ccc2F)c1. The first-order valence-corrected chi connectivity index (χ1v) is 6.52. The van der Waals surface area contributed by atoms with E-state index in [2.05, 4.69) is 15.4 Å². The molecule has 0 saturated carbocycles. The fourth-order valence-electron chi connectivity index (χ4n) is 1.91. The van der Waals surface area contributed by atoms with Gasteiger partial charge in [-0.05, 0) is 31.2 Å². The van der Waals surface area contributed by atoms with Crippen molar-refractivity contribution >= 4 is 17.5 Å². The molecular formula is C16H17FN2O2. The van der Waals surface area contributed by atoms with Crippen molar-refractivity contribution in [2.24, 2.45) is 0 Å². The number of benzene rings is 2. The molecule has 2 N–H and O–H groups in total. The van der Waals surface area contributed by atoms with Crippen LogP contribution in [0.25, 0.3) is 0 Å². The van der Waals surface area contributed by atoms with E-state index in [1.165, 1.54) is 13.2 Å². The van der Waals surface area contributed by atoms with E-state index in [1.807, 2.05) is 13.0 Å². The van der Waals surface area contributed by atoms with Crippen molar-refractivity contribution in [2.45, 2.75) is 13.5 Å². The molecule has 2 aromatic carbocycles. The second kappa shape index (κ2) is 6.74. The molecule has 0 atom stereocenters. The zero-order valence-electron chi connectivity index (χ0n) is 11.9. The maximum Gasteiger partial charge on any atom is 0.411 e. The summed E-state index contributed by atoms with van der Waals surface area (Å²) in [5.41, 5.74) is 3.00. The molecule has 0 unspecified atom stereocenters. The Morgan fingerprint density at radius 1 is 1.19 bits per heavy atom. The summed E-state index contributed by atoms with van der Waals surface area (Å²) >= 11 is 0. The lowest BCUT2D eigenvalue weighted by Gasteiger charge is -2.10. The van der Waals surface area contributed by atoms with Gasteiger partial charge in [0.15, 0.2) is 0 Å². The van der Waals surface area contributed by atoms with Crippen LogP contribution in [0.1, 0.15) is 11.1 Å². The maximum atomic E-state index is 13.7. The lowest BCUT2D eigenvalue weighted by molar-refractivity contribution is 0.187. The number of halogens is 1. The number of ether oxygens (including phenoxy) is 1. The fraction of sp³-hybridized carbons (Fsp3) is 0.188. The molecule has 0 bridgehead atoms. The maximum absolute atomic E-state index is 13.7. The van der Waals surface area contributed by atoms with Crippen molar-refractivity contribution in [1.29, 1.82) is 0 Å². The Labute approximate surface area is 122 Å². The highest BCUT2D eigenvalue weighted by Gasteiger charge is 2.04. The molecule has 4 nitrogen and oxygen atoms in total. The molecular weight excluding hydrogens is 271 g/mol. The van der Waals surface area contributed by atoms with Crippen molar-refractivity contribution in [1.82, 2.24) is 0 Å². The minimum atomic E-state index is -0.531. The highest BCUT2D eigenvalue weighted by molar-refractivity contribution is 5.85. The van der Waals surface area contributed by atoms with E-state index in [4.69, 9.17) is 0 Å². The Morgan fingerprint density at radius 3 is 2.71 bits per heavy atom. The van der Waals surface area contributed by atoms with Crippen LogP contribution in [0.15, 0.2) is 42.5 Å². The van der Waals surface area contributed by atoms with Crippen LogP contribution in [0.3, 0.4) is 0 Å². The molecule has 0 aliphatic carbocycles. The van der Waals surface area contributed by atoms with Gasteiger partial charge >= 0.3 is 6.09 Å². The largest absolute Gasteiger partial charge is 0.453 e. The first-order chi connectivity index (χ1) is 10.1. The average Bonchev–Trinajstić information content (AvgIpc) is 2.48. The second-order valence-corrected chi connectivity index (χ2v) is 4.65. The fourth-order valence-corrected chi connectivity index (χ4v) is 1.91. The molecule has 0 aliphatic rings. The van der Waals surface area contributed by atoms with Crippen molar-refractivity contribution in [2.75, 3.05) is 17.7 Å². The monoisotopic (exact) mass is 288 g/mol. The number of hydrogen-bond donors (Lipinski definition) is 2. The predicted octanol–water partition coefficient (Wildman–Crippen LogP) is 3.92. The van der Waals surface area contributed by atoms with Crippen molar-refractivity contribution in [3.8, 4) is 0 Å². The minimum absolute atomic E-state index is 0.239. The van der Waals surface area contributed by atoms with Crippen LogP contribution in [0.4, 0.5) is 20.6 Å². The molecule has 0 saturated heterocycles. The van der Waals surface area contributed by atoms with Crippen LogP contribution in [-0.2, 0) is 11.3 Å². The van der Waals surface area contributed by atoms with Gasteiger partial charge in [0.2, 0.25) is 0 Å². The topological polar surface area (TPSA) is 50.4 Å². The van der Waals surface area contributed by atoms with Crippen molar-refractivity contribution in [3.63, 3.8) is 0 Å². The summed E-state index contributed by atoms with van der Waals surface area (Å²) in [6.07, 6.45) is -0.531. The number of aryl methyl sites for hydroxylation is 1. The lowest BCUT2D eigenvalue weighted by atomic mass is 10.1. The first kappa shape index (κ1) is 14.8. The Kier molecular flexibility index (Phi) is 4.77. The molecule has 1 amide bonds. The van der Waals surface area contributed by atoms with Gasteiger partial charge in [0, 0.05) is 23.5 Å². The smallest absolute Gasteiger partial charge is 0.411 e. The van der Waals surface area contributed by atoms with E-state index < -0.39 is 6.09 Å². The van der Waals surface area contributed by atoms with Crippen molar-refractivity contribution in [3.05, 3.63) is 59.4 Å². The Hall–Kier alpha value is -2.56. The van der Waals surface area contributed by atoms with E-state index in [0.29, 0.717) is 17.8 Å². The van der Waals surface area contributed by atoms with E-state index >= 15 is 0 Å².